The topological polar surface area (TPSA) is 105 Å². The number of nitrogens with zero attached hydrogens (tertiary/aromatic N) is 2. The lowest BCUT2D eigenvalue weighted by atomic mass is 10.00. The number of hydrogen-bond acceptors (Lipinski definition) is 6. The molecule has 1 aliphatic rings. The fraction of sp³-hybridized carbons (Fsp3) is 0.316. The summed E-state index contributed by atoms with van der Waals surface area (Å²) in [6.07, 6.45) is 0.0826. The molecular weight excluding hydrogens is 350 g/mol. The third-order valence-electron chi connectivity index (χ3n) is 4.84. The molecule has 1 heterocycles. The summed E-state index contributed by atoms with van der Waals surface area (Å²) in [5.74, 6) is -0.710. The van der Waals surface area contributed by atoms with Crippen LogP contribution >= 0.6 is 0 Å². The molecule has 0 fully saturated rings. The van der Waals surface area contributed by atoms with Crippen LogP contribution in [0.15, 0.2) is 36.4 Å². The molecule has 1 amide bonds. The van der Waals surface area contributed by atoms with E-state index >= 15 is 0 Å². The summed E-state index contributed by atoms with van der Waals surface area (Å²) in [5.41, 5.74) is 1.19. The molecule has 8 heteroatoms. The second kappa shape index (κ2) is 7.14. The molecule has 8 nitrogen and oxygen atoms in total. The second-order valence-corrected chi connectivity index (χ2v) is 6.41. The van der Waals surface area contributed by atoms with Gasteiger partial charge in [0.1, 0.15) is 6.17 Å². The lowest BCUT2D eigenvalue weighted by Crippen LogP contribution is -2.47. The second-order valence-electron chi connectivity index (χ2n) is 6.41. The molecule has 0 aromatic heterocycles. The molecule has 142 valence electrons. The van der Waals surface area contributed by atoms with E-state index in [1.165, 1.54) is 19.2 Å². The van der Waals surface area contributed by atoms with Gasteiger partial charge in [0.2, 0.25) is 5.75 Å². The highest BCUT2D eigenvalue weighted by Gasteiger charge is 2.36. The van der Waals surface area contributed by atoms with Crippen LogP contribution in [0, 0.1) is 10.1 Å². The van der Waals surface area contributed by atoms with Crippen LogP contribution in [-0.2, 0) is 0 Å². The van der Waals surface area contributed by atoms with Gasteiger partial charge in [-0.25, -0.2) is 0 Å². The fourth-order valence-electron chi connectivity index (χ4n) is 3.23. The number of methoxy groups -OCH3 is 1. The lowest BCUT2D eigenvalue weighted by Gasteiger charge is -2.41. The number of anilines is 1. The first-order valence-electron chi connectivity index (χ1n) is 8.62. The van der Waals surface area contributed by atoms with Gasteiger partial charge in [-0.1, -0.05) is 19.1 Å². The molecule has 0 unspecified atom stereocenters. The third-order valence-corrected chi connectivity index (χ3v) is 4.84. The van der Waals surface area contributed by atoms with Gasteiger partial charge in [-0.2, -0.15) is 0 Å². The van der Waals surface area contributed by atoms with Crippen LogP contribution in [0.3, 0.4) is 0 Å². The number of nitro benzene ring substituents is 1. The largest absolute Gasteiger partial charge is 0.500 e. The van der Waals surface area contributed by atoms with Crippen molar-refractivity contribution in [1.82, 2.24) is 4.90 Å². The van der Waals surface area contributed by atoms with Crippen molar-refractivity contribution in [2.24, 2.45) is 0 Å². The Labute approximate surface area is 156 Å². The van der Waals surface area contributed by atoms with Crippen molar-refractivity contribution in [3.63, 3.8) is 0 Å². The standard InChI is InChI=1S/C19H21N3O5/c1-4-11(2)21-18(20-14-8-6-5-7-13(14)19(21)24)12-9-15(22(25)26)17(23)16(10-12)27-3/h5-11,18,20,23H,4H2,1-3H3/t11-,18+/m0/s1. The van der Waals surface area contributed by atoms with Crippen molar-refractivity contribution in [2.75, 3.05) is 12.4 Å². The van der Waals surface area contributed by atoms with Gasteiger partial charge in [0.25, 0.3) is 5.91 Å². The van der Waals surface area contributed by atoms with E-state index in [-0.39, 0.29) is 17.7 Å². The molecule has 0 bridgehead atoms. The minimum Gasteiger partial charge on any atom is -0.500 e. The van der Waals surface area contributed by atoms with E-state index in [4.69, 9.17) is 4.74 Å². The molecular formula is C19H21N3O5. The minimum absolute atomic E-state index is 0.0172. The maximum atomic E-state index is 13.1. The number of aromatic hydroxyl groups is 1. The number of para-hydroxylation sites is 1. The zero-order valence-electron chi connectivity index (χ0n) is 15.3. The van der Waals surface area contributed by atoms with Gasteiger partial charge in [-0.05, 0) is 31.5 Å². The van der Waals surface area contributed by atoms with E-state index in [9.17, 15) is 20.0 Å². The Morgan fingerprint density at radius 2 is 2.07 bits per heavy atom. The van der Waals surface area contributed by atoms with Crippen LogP contribution < -0.4 is 10.1 Å². The SMILES string of the molecule is CC[C@H](C)N1C(=O)c2ccccc2N[C@H]1c1cc(OC)c(O)c([N+](=O)[O-])c1. The van der Waals surface area contributed by atoms with Crippen LogP contribution in [0.1, 0.15) is 42.4 Å². The maximum absolute atomic E-state index is 13.1. The zero-order valence-corrected chi connectivity index (χ0v) is 15.3. The molecule has 0 spiro atoms. The number of phenolic OH excluding ortho intramolecular Hbond substituents is 1. The molecule has 27 heavy (non-hydrogen) atoms. The van der Waals surface area contributed by atoms with Gasteiger partial charge in [0.15, 0.2) is 5.75 Å². The predicted octanol–water partition coefficient (Wildman–Crippen LogP) is 3.67. The van der Waals surface area contributed by atoms with Crippen molar-refractivity contribution in [3.05, 3.63) is 57.6 Å². The fourth-order valence-corrected chi connectivity index (χ4v) is 3.23. The Hall–Kier alpha value is -3.29. The van der Waals surface area contributed by atoms with E-state index < -0.39 is 22.5 Å². The summed E-state index contributed by atoms with van der Waals surface area (Å²) in [6.45, 7) is 3.89. The highest BCUT2D eigenvalue weighted by Crippen LogP contribution is 2.42. The molecule has 0 aliphatic carbocycles. The number of hydrogen-bond donors (Lipinski definition) is 2. The van der Waals surface area contributed by atoms with E-state index in [2.05, 4.69) is 5.32 Å². The number of fused-ring (bicyclic) bond motifs is 1. The number of ether oxygens (including phenoxy) is 1. The summed E-state index contributed by atoms with van der Waals surface area (Å²) < 4.78 is 5.10. The molecule has 2 N–H and O–H groups in total. The van der Waals surface area contributed by atoms with Crippen LogP contribution in [0.4, 0.5) is 11.4 Å². The van der Waals surface area contributed by atoms with E-state index in [1.807, 2.05) is 19.9 Å². The number of carbonyl (C=O) groups is 1. The van der Waals surface area contributed by atoms with Crippen molar-refractivity contribution in [3.8, 4) is 11.5 Å². The highest BCUT2D eigenvalue weighted by molar-refractivity contribution is 6.02. The first-order valence-corrected chi connectivity index (χ1v) is 8.62. The van der Waals surface area contributed by atoms with Crippen molar-refractivity contribution >= 4 is 17.3 Å². The number of amides is 1. The van der Waals surface area contributed by atoms with Gasteiger partial charge < -0.3 is 20.1 Å². The summed E-state index contributed by atoms with van der Waals surface area (Å²) >= 11 is 0. The number of carbonyl (C=O) groups excluding carboxylic acids is 1. The van der Waals surface area contributed by atoms with Gasteiger partial charge in [0.05, 0.1) is 17.6 Å². The summed E-state index contributed by atoms with van der Waals surface area (Å²) in [4.78, 5) is 25.5. The van der Waals surface area contributed by atoms with Crippen LogP contribution in [0.2, 0.25) is 0 Å². The molecule has 0 radical (unpaired) electrons. The lowest BCUT2D eigenvalue weighted by molar-refractivity contribution is -0.386. The van der Waals surface area contributed by atoms with E-state index in [0.29, 0.717) is 23.2 Å². The Morgan fingerprint density at radius 1 is 1.37 bits per heavy atom. The Bertz CT molecular complexity index is 899. The first-order chi connectivity index (χ1) is 12.9. The number of nitrogens with one attached hydrogen (secondary N) is 1. The van der Waals surface area contributed by atoms with E-state index in [1.54, 1.807) is 23.1 Å². The molecule has 1 aliphatic heterocycles. The van der Waals surface area contributed by atoms with Crippen LogP contribution in [-0.4, -0.2) is 34.0 Å². The molecule has 3 rings (SSSR count). The first kappa shape index (κ1) is 18.5. The van der Waals surface area contributed by atoms with Crippen molar-refractivity contribution in [1.29, 1.82) is 0 Å². The maximum Gasteiger partial charge on any atom is 0.315 e. The number of phenols is 1. The van der Waals surface area contributed by atoms with Crippen LogP contribution in [0.25, 0.3) is 0 Å². The van der Waals surface area contributed by atoms with Gasteiger partial charge in [-0.3, -0.25) is 14.9 Å². The number of benzene rings is 2. The van der Waals surface area contributed by atoms with Gasteiger partial charge in [0, 0.05) is 23.4 Å². The highest BCUT2D eigenvalue weighted by atomic mass is 16.6. The monoisotopic (exact) mass is 371 g/mol. The molecule has 2 aromatic rings. The Kier molecular flexibility index (Phi) is 4.89. The van der Waals surface area contributed by atoms with Gasteiger partial charge >= 0.3 is 5.69 Å². The Balaban J connectivity index is 2.17. The molecule has 0 saturated carbocycles. The van der Waals surface area contributed by atoms with Gasteiger partial charge in [-0.15, -0.1) is 0 Å². The van der Waals surface area contributed by atoms with Crippen molar-refractivity contribution in [2.45, 2.75) is 32.5 Å². The summed E-state index contributed by atoms with van der Waals surface area (Å²) in [6, 6.07) is 9.82. The smallest absolute Gasteiger partial charge is 0.315 e. The molecule has 0 saturated heterocycles. The number of nitro groups is 1. The van der Waals surface area contributed by atoms with Crippen molar-refractivity contribution < 1.29 is 19.6 Å². The normalized spacial score (nSPS) is 17.1. The van der Waals surface area contributed by atoms with E-state index in [0.717, 1.165) is 0 Å². The average molecular weight is 371 g/mol. The number of rotatable bonds is 5. The molecule has 2 aromatic carbocycles. The van der Waals surface area contributed by atoms with Crippen LogP contribution in [0.5, 0.6) is 11.5 Å². The zero-order chi connectivity index (χ0) is 19.7. The Morgan fingerprint density at radius 3 is 2.70 bits per heavy atom. The average Bonchev–Trinajstić information content (AvgIpc) is 2.67. The molecule has 2 atom stereocenters. The summed E-state index contributed by atoms with van der Waals surface area (Å²) in [5, 5.41) is 24.7. The quantitative estimate of drug-likeness (QED) is 0.614. The predicted molar refractivity (Wildman–Crippen MR) is 100 cm³/mol. The third kappa shape index (κ3) is 3.14. The minimum atomic E-state index is -0.673. The summed E-state index contributed by atoms with van der Waals surface area (Å²) in [7, 11) is 1.32.